The fourth-order valence-corrected chi connectivity index (χ4v) is 5.64. The molecule has 0 aliphatic rings. The Morgan fingerprint density at radius 3 is 1.23 bits per heavy atom. The van der Waals surface area contributed by atoms with Gasteiger partial charge in [0.2, 0.25) is 0 Å². The molecule has 0 radical (unpaired) electrons. The van der Waals surface area contributed by atoms with Crippen LogP contribution in [0.3, 0.4) is 0 Å². The van der Waals surface area contributed by atoms with Gasteiger partial charge in [-0.25, -0.2) is 0 Å². The smallest absolute Gasteiger partial charge is 0.306 e. The second-order valence-electron chi connectivity index (χ2n) is 14.8. The molecule has 60 heavy (non-hydrogen) atoms. The largest absolute Gasteiger partial charge is 0.462 e. The van der Waals surface area contributed by atoms with Crippen molar-refractivity contribution in [2.24, 2.45) is 0 Å². The third-order valence-electron chi connectivity index (χ3n) is 9.07. The van der Waals surface area contributed by atoms with Crippen molar-refractivity contribution in [3.63, 3.8) is 0 Å². The molecule has 0 aromatic rings. The molecule has 0 saturated heterocycles. The number of hydrogen-bond donors (Lipinski definition) is 0. The summed E-state index contributed by atoms with van der Waals surface area (Å²) in [5.41, 5.74) is 0. The summed E-state index contributed by atoms with van der Waals surface area (Å²) in [7, 11) is 0. The minimum atomic E-state index is -0.817. The zero-order chi connectivity index (χ0) is 43.7. The van der Waals surface area contributed by atoms with E-state index >= 15 is 0 Å². The van der Waals surface area contributed by atoms with Crippen LogP contribution in [-0.2, 0) is 28.6 Å². The molecule has 0 spiro atoms. The van der Waals surface area contributed by atoms with Crippen molar-refractivity contribution in [1.29, 1.82) is 0 Å². The summed E-state index contributed by atoms with van der Waals surface area (Å²) >= 11 is 0. The van der Waals surface area contributed by atoms with Crippen molar-refractivity contribution in [2.75, 3.05) is 13.2 Å². The first-order valence-corrected chi connectivity index (χ1v) is 23.3. The molecule has 6 heteroatoms. The van der Waals surface area contributed by atoms with Crippen molar-refractivity contribution in [2.45, 2.75) is 175 Å². The topological polar surface area (TPSA) is 78.9 Å². The van der Waals surface area contributed by atoms with Gasteiger partial charge >= 0.3 is 17.9 Å². The van der Waals surface area contributed by atoms with Crippen LogP contribution in [0, 0.1) is 0 Å². The van der Waals surface area contributed by atoms with Crippen LogP contribution in [0.25, 0.3) is 0 Å². The number of unbranched alkanes of at least 4 members (excludes halogenated alkanes) is 13. The minimum absolute atomic E-state index is 0.117. The molecule has 0 N–H and O–H groups in total. The molecule has 0 aromatic heterocycles. The standard InChI is InChI=1S/C54H82O6/c1-4-7-10-13-16-19-21-23-25-26-27-29-30-32-35-38-41-44-47-53(56)59-50-51(49-58-52(55)46-43-40-37-34-18-15-12-9-6-3)60-54(57)48-45-42-39-36-33-31-28-24-22-20-17-14-11-8-5-2/h8-14,16-29,34,51H,4-7,15,30-33,35-50H2,1-3H3/b11-8-,12-9-,13-10-,17-14-,19-16-,22-20-,23-21-,26-25-,28-24-,29-27-,34-18-. The lowest BCUT2D eigenvalue weighted by Crippen LogP contribution is -2.30. The van der Waals surface area contributed by atoms with Gasteiger partial charge in [-0.15, -0.1) is 0 Å². The minimum Gasteiger partial charge on any atom is -0.462 e. The molecule has 1 unspecified atom stereocenters. The highest BCUT2D eigenvalue weighted by Gasteiger charge is 2.19. The van der Waals surface area contributed by atoms with E-state index in [1.807, 2.05) is 60.8 Å². The maximum absolute atomic E-state index is 12.7. The Labute approximate surface area is 366 Å². The molecule has 0 fully saturated rings. The zero-order valence-corrected chi connectivity index (χ0v) is 37.9. The van der Waals surface area contributed by atoms with Crippen LogP contribution in [0.2, 0.25) is 0 Å². The van der Waals surface area contributed by atoms with E-state index in [1.54, 1.807) is 0 Å². The average Bonchev–Trinajstić information content (AvgIpc) is 3.24. The molecule has 0 aliphatic carbocycles. The van der Waals surface area contributed by atoms with E-state index in [4.69, 9.17) is 14.2 Å². The fourth-order valence-electron chi connectivity index (χ4n) is 5.64. The third-order valence-corrected chi connectivity index (χ3v) is 9.07. The highest BCUT2D eigenvalue weighted by Crippen LogP contribution is 2.12. The molecular formula is C54H82O6. The van der Waals surface area contributed by atoms with E-state index in [-0.39, 0.29) is 37.5 Å². The van der Waals surface area contributed by atoms with E-state index in [0.29, 0.717) is 12.8 Å². The Kier molecular flexibility index (Phi) is 43.7. The molecule has 1 atom stereocenters. The lowest BCUT2D eigenvalue weighted by atomic mass is 10.1. The molecule has 0 saturated carbocycles. The number of ether oxygens (including phenoxy) is 3. The van der Waals surface area contributed by atoms with Gasteiger partial charge in [0.1, 0.15) is 13.2 Å². The van der Waals surface area contributed by atoms with Crippen LogP contribution < -0.4 is 0 Å². The van der Waals surface area contributed by atoms with Gasteiger partial charge in [0.25, 0.3) is 0 Å². The summed E-state index contributed by atoms with van der Waals surface area (Å²) in [5.74, 6) is -1.02. The summed E-state index contributed by atoms with van der Waals surface area (Å²) in [6.45, 7) is 6.17. The molecule has 0 amide bonds. The zero-order valence-electron chi connectivity index (χ0n) is 37.9. The lowest BCUT2D eigenvalue weighted by Gasteiger charge is -2.18. The van der Waals surface area contributed by atoms with Crippen LogP contribution >= 0.6 is 0 Å². The first-order valence-electron chi connectivity index (χ1n) is 23.3. The highest BCUT2D eigenvalue weighted by molar-refractivity contribution is 5.71. The number of rotatable bonds is 39. The van der Waals surface area contributed by atoms with Crippen molar-refractivity contribution >= 4 is 17.9 Å². The average molecular weight is 827 g/mol. The molecule has 6 nitrogen and oxygen atoms in total. The van der Waals surface area contributed by atoms with E-state index < -0.39 is 6.10 Å². The number of carbonyl (C=O) groups excluding carboxylic acids is 3. The van der Waals surface area contributed by atoms with E-state index in [1.165, 1.54) is 6.42 Å². The SMILES string of the molecule is CC\C=C/C=C\C=C/C=C\CCCCCCCC(=O)OC(COC(=O)CCCC/C=C\C/C=C\CC)COC(=O)CCCCCCC\C=C/C=C\C=C/C=C\C=C/CCC. The van der Waals surface area contributed by atoms with Gasteiger partial charge in [-0.2, -0.15) is 0 Å². The first-order chi connectivity index (χ1) is 29.5. The first kappa shape index (κ1) is 55.5. The van der Waals surface area contributed by atoms with E-state index in [2.05, 4.69) is 93.7 Å². The van der Waals surface area contributed by atoms with E-state index in [0.717, 1.165) is 122 Å². The number of esters is 3. The van der Waals surface area contributed by atoms with Gasteiger partial charge in [-0.1, -0.05) is 199 Å². The van der Waals surface area contributed by atoms with Gasteiger partial charge in [0.05, 0.1) is 0 Å². The normalized spacial score (nSPS) is 13.3. The predicted octanol–water partition coefficient (Wildman–Crippen LogP) is 15.1. The monoisotopic (exact) mass is 827 g/mol. The van der Waals surface area contributed by atoms with Gasteiger partial charge < -0.3 is 14.2 Å². The summed E-state index contributed by atoms with van der Waals surface area (Å²) in [6, 6.07) is 0. The highest BCUT2D eigenvalue weighted by atomic mass is 16.6. The van der Waals surface area contributed by atoms with Crippen LogP contribution in [0.15, 0.2) is 134 Å². The fraction of sp³-hybridized carbons (Fsp3) is 0.537. The number of hydrogen-bond acceptors (Lipinski definition) is 6. The second kappa shape index (κ2) is 47.2. The summed E-state index contributed by atoms with van der Waals surface area (Å²) in [4.78, 5) is 37.8. The van der Waals surface area contributed by atoms with Gasteiger partial charge in [0.15, 0.2) is 6.10 Å². The Hall–Kier alpha value is -4.45. The van der Waals surface area contributed by atoms with Crippen molar-refractivity contribution in [3.8, 4) is 0 Å². The molecule has 0 rings (SSSR count). The number of allylic oxidation sites excluding steroid dienone is 22. The maximum atomic E-state index is 12.7. The molecule has 0 aromatic carbocycles. The summed E-state index contributed by atoms with van der Waals surface area (Å²) in [5, 5.41) is 0. The molecule has 0 bridgehead atoms. The quantitative estimate of drug-likeness (QED) is 0.0202. The summed E-state index contributed by atoms with van der Waals surface area (Å²) < 4.78 is 16.6. The van der Waals surface area contributed by atoms with Crippen molar-refractivity contribution in [3.05, 3.63) is 134 Å². The summed E-state index contributed by atoms with van der Waals surface area (Å²) in [6.07, 6.45) is 65.8. The second-order valence-corrected chi connectivity index (χ2v) is 14.8. The molecule has 334 valence electrons. The maximum Gasteiger partial charge on any atom is 0.306 e. The lowest BCUT2D eigenvalue weighted by molar-refractivity contribution is -0.167. The molecule has 0 heterocycles. The Balaban J connectivity index is 4.51. The van der Waals surface area contributed by atoms with Gasteiger partial charge in [-0.3, -0.25) is 14.4 Å². The van der Waals surface area contributed by atoms with Crippen LogP contribution in [0.4, 0.5) is 0 Å². The Morgan fingerprint density at radius 2 is 0.733 bits per heavy atom. The van der Waals surface area contributed by atoms with Crippen molar-refractivity contribution in [1.82, 2.24) is 0 Å². The predicted molar refractivity (Wildman–Crippen MR) is 256 cm³/mol. The van der Waals surface area contributed by atoms with Crippen LogP contribution in [0.5, 0.6) is 0 Å². The Bertz CT molecular complexity index is 1370. The van der Waals surface area contributed by atoms with Crippen LogP contribution in [-0.4, -0.2) is 37.2 Å². The Morgan fingerprint density at radius 1 is 0.367 bits per heavy atom. The van der Waals surface area contributed by atoms with Gasteiger partial charge in [0, 0.05) is 19.3 Å². The van der Waals surface area contributed by atoms with Gasteiger partial charge in [-0.05, 0) is 83.5 Å². The molecule has 0 aliphatic heterocycles. The third kappa shape index (κ3) is 44.6. The number of carbonyl (C=O) groups is 3. The molecular weight excluding hydrogens is 745 g/mol. The van der Waals surface area contributed by atoms with E-state index in [9.17, 15) is 14.4 Å². The van der Waals surface area contributed by atoms with Crippen LogP contribution in [0.1, 0.15) is 168 Å². The van der Waals surface area contributed by atoms with Crippen molar-refractivity contribution < 1.29 is 28.6 Å².